The van der Waals surface area contributed by atoms with Crippen molar-refractivity contribution in [1.29, 1.82) is 0 Å². The number of rotatable bonds is 6. The highest BCUT2D eigenvalue weighted by molar-refractivity contribution is 5.25. The molecule has 5 nitrogen and oxygen atoms in total. The van der Waals surface area contributed by atoms with Crippen molar-refractivity contribution < 1.29 is 9.66 Å². The van der Waals surface area contributed by atoms with E-state index < -0.39 is 6.04 Å². The van der Waals surface area contributed by atoms with Gasteiger partial charge < -0.3 is 4.74 Å². The maximum atomic E-state index is 11.5. The highest BCUT2D eigenvalue weighted by Gasteiger charge is 2.47. The van der Waals surface area contributed by atoms with Crippen LogP contribution in [0, 0.1) is 10.1 Å². The Labute approximate surface area is 142 Å². The van der Waals surface area contributed by atoms with Gasteiger partial charge in [0.05, 0.1) is 25.7 Å². The lowest BCUT2D eigenvalue weighted by atomic mass is 9.89. The van der Waals surface area contributed by atoms with E-state index in [0.29, 0.717) is 19.8 Å². The second-order valence-corrected chi connectivity index (χ2v) is 6.30. The lowest BCUT2D eigenvalue weighted by Crippen LogP contribution is -2.34. The zero-order chi connectivity index (χ0) is 16.9. The molecule has 5 heteroatoms. The molecule has 1 aliphatic rings. The molecule has 0 bridgehead atoms. The predicted molar refractivity (Wildman–Crippen MR) is 92.5 cm³/mol. The largest absolute Gasteiger partial charge is 0.375 e. The van der Waals surface area contributed by atoms with Crippen molar-refractivity contribution in [3.8, 4) is 0 Å². The molecule has 1 heterocycles. The monoisotopic (exact) mass is 326 g/mol. The smallest absolute Gasteiger partial charge is 0.233 e. The SMILES string of the molecule is CN1C[C@H]([N+](=O)[O-])[C@@H](c2ccccc2)[C@H]1COCc1ccccc1. The van der Waals surface area contributed by atoms with Crippen LogP contribution in [0.4, 0.5) is 0 Å². The fraction of sp³-hybridized carbons (Fsp3) is 0.368. The molecule has 0 unspecified atom stereocenters. The number of benzene rings is 2. The molecule has 2 aromatic rings. The van der Waals surface area contributed by atoms with E-state index in [1.807, 2.05) is 67.7 Å². The number of hydrogen-bond acceptors (Lipinski definition) is 4. The Morgan fingerprint density at radius 3 is 2.38 bits per heavy atom. The summed E-state index contributed by atoms with van der Waals surface area (Å²) in [5.41, 5.74) is 2.12. The van der Waals surface area contributed by atoms with Gasteiger partial charge in [-0.3, -0.25) is 15.0 Å². The highest BCUT2D eigenvalue weighted by atomic mass is 16.6. The number of nitrogens with zero attached hydrogens (tertiary/aromatic N) is 2. The summed E-state index contributed by atoms with van der Waals surface area (Å²) < 4.78 is 5.89. The van der Waals surface area contributed by atoms with Gasteiger partial charge >= 0.3 is 0 Å². The summed E-state index contributed by atoms with van der Waals surface area (Å²) in [6.45, 7) is 1.46. The molecule has 0 spiro atoms. The first kappa shape index (κ1) is 16.6. The fourth-order valence-electron chi connectivity index (χ4n) is 3.49. The third-order valence-corrected chi connectivity index (χ3v) is 4.73. The molecule has 2 aromatic carbocycles. The zero-order valence-electron chi connectivity index (χ0n) is 13.7. The molecular formula is C19H22N2O3. The highest BCUT2D eigenvalue weighted by Crippen LogP contribution is 2.34. The summed E-state index contributed by atoms with van der Waals surface area (Å²) in [7, 11) is 1.94. The molecule has 0 aliphatic carbocycles. The van der Waals surface area contributed by atoms with E-state index in [0.717, 1.165) is 11.1 Å². The van der Waals surface area contributed by atoms with E-state index in [1.54, 1.807) is 0 Å². The van der Waals surface area contributed by atoms with Crippen molar-refractivity contribution in [2.24, 2.45) is 0 Å². The van der Waals surface area contributed by atoms with Gasteiger partial charge in [0, 0.05) is 11.0 Å². The Morgan fingerprint density at radius 2 is 1.75 bits per heavy atom. The molecule has 0 aromatic heterocycles. The third kappa shape index (κ3) is 3.63. The lowest BCUT2D eigenvalue weighted by molar-refractivity contribution is -0.521. The molecule has 0 saturated carbocycles. The van der Waals surface area contributed by atoms with E-state index in [-0.39, 0.29) is 16.9 Å². The van der Waals surface area contributed by atoms with Gasteiger partial charge in [0.25, 0.3) is 0 Å². The van der Waals surface area contributed by atoms with Gasteiger partial charge in [-0.2, -0.15) is 0 Å². The van der Waals surface area contributed by atoms with Gasteiger partial charge in [0.15, 0.2) is 0 Å². The third-order valence-electron chi connectivity index (χ3n) is 4.73. The van der Waals surface area contributed by atoms with Crippen LogP contribution in [-0.4, -0.2) is 42.1 Å². The number of likely N-dealkylation sites (tertiary alicyclic amines) is 1. The van der Waals surface area contributed by atoms with Crippen LogP contribution in [0.3, 0.4) is 0 Å². The molecule has 1 fully saturated rings. The van der Waals surface area contributed by atoms with Gasteiger partial charge in [-0.15, -0.1) is 0 Å². The van der Waals surface area contributed by atoms with Crippen LogP contribution in [-0.2, 0) is 11.3 Å². The van der Waals surface area contributed by atoms with Crippen LogP contribution in [0.1, 0.15) is 17.0 Å². The van der Waals surface area contributed by atoms with Crippen LogP contribution < -0.4 is 0 Å². The number of likely N-dealkylation sites (N-methyl/N-ethyl adjacent to an activating group) is 1. The number of ether oxygens (including phenoxy) is 1. The van der Waals surface area contributed by atoms with E-state index in [1.165, 1.54) is 0 Å². The Morgan fingerprint density at radius 1 is 1.12 bits per heavy atom. The van der Waals surface area contributed by atoms with Crippen LogP contribution in [0.25, 0.3) is 0 Å². The minimum absolute atomic E-state index is 0.00603. The average Bonchev–Trinajstić information content (AvgIpc) is 2.94. The van der Waals surface area contributed by atoms with Gasteiger partial charge in [-0.05, 0) is 18.2 Å². The predicted octanol–water partition coefficient (Wildman–Crippen LogP) is 2.95. The molecule has 0 radical (unpaired) electrons. The second-order valence-electron chi connectivity index (χ2n) is 6.30. The standard InChI is InChI=1S/C19H22N2O3/c1-20-12-17(21(22)23)19(16-10-6-3-7-11-16)18(20)14-24-13-15-8-4-2-5-9-15/h2-11,17-19H,12-14H2,1H3/t17-,18+,19+/m0/s1. The summed E-state index contributed by atoms with van der Waals surface area (Å²) >= 11 is 0. The normalized spacial score (nSPS) is 24.1. The van der Waals surface area contributed by atoms with Crippen molar-refractivity contribution in [2.45, 2.75) is 24.6 Å². The number of hydrogen-bond donors (Lipinski definition) is 0. The van der Waals surface area contributed by atoms with Gasteiger partial charge in [0.2, 0.25) is 6.04 Å². The summed E-state index contributed by atoms with van der Waals surface area (Å²) in [6.07, 6.45) is 0. The molecule has 1 aliphatic heterocycles. The van der Waals surface area contributed by atoms with Crippen molar-refractivity contribution in [3.05, 3.63) is 81.9 Å². The lowest BCUT2D eigenvalue weighted by Gasteiger charge is -2.24. The van der Waals surface area contributed by atoms with Gasteiger partial charge in [0.1, 0.15) is 0 Å². The van der Waals surface area contributed by atoms with Gasteiger partial charge in [-0.25, -0.2) is 0 Å². The van der Waals surface area contributed by atoms with Crippen LogP contribution in [0.15, 0.2) is 60.7 Å². The Balaban J connectivity index is 1.72. The first-order valence-corrected chi connectivity index (χ1v) is 8.17. The summed E-state index contributed by atoms with van der Waals surface area (Å²) in [5, 5.41) is 11.5. The molecule has 1 saturated heterocycles. The topological polar surface area (TPSA) is 55.6 Å². The fourth-order valence-corrected chi connectivity index (χ4v) is 3.49. The molecule has 3 atom stereocenters. The molecule has 3 rings (SSSR count). The molecule has 24 heavy (non-hydrogen) atoms. The van der Waals surface area contributed by atoms with Crippen LogP contribution in [0.2, 0.25) is 0 Å². The molecular weight excluding hydrogens is 304 g/mol. The molecule has 0 N–H and O–H groups in total. The minimum atomic E-state index is -0.595. The van der Waals surface area contributed by atoms with E-state index >= 15 is 0 Å². The zero-order valence-corrected chi connectivity index (χ0v) is 13.7. The number of nitro groups is 1. The maximum Gasteiger partial charge on any atom is 0.233 e. The second kappa shape index (κ2) is 7.55. The van der Waals surface area contributed by atoms with E-state index in [4.69, 9.17) is 4.74 Å². The van der Waals surface area contributed by atoms with Crippen LogP contribution in [0.5, 0.6) is 0 Å². The summed E-state index contributed by atoms with van der Waals surface area (Å²) in [5.74, 6) is -0.151. The molecule has 0 amide bonds. The minimum Gasteiger partial charge on any atom is -0.375 e. The first-order chi connectivity index (χ1) is 11.7. The first-order valence-electron chi connectivity index (χ1n) is 8.17. The van der Waals surface area contributed by atoms with E-state index in [2.05, 4.69) is 4.90 Å². The van der Waals surface area contributed by atoms with E-state index in [9.17, 15) is 10.1 Å². The maximum absolute atomic E-state index is 11.5. The Hall–Kier alpha value is -2.24. The quantitative estimate of drug-likeness (QED) is 0.605. The van der Waals surface area contributed by atoms with Crippen molar-refractivity contribution >= 4 is 0 Å². The van der Waals surface area contributed by atoms with Crippen LogP contribution >= 0.6 is 0 Å². The van der Waals surface area contributed by atoms with Crippen molar-refractivity contribution in [2.75, 3.05) is 20.2 Å². The van der Waals surface area contributed by atoms with Crippen molar-refractivity contribution in [3.63, 3.8) is 0 Å². The average molecular weight is 326 g/mol. The van der Waals surface area contributed by atoms with Gasteiger partial charge in [-0.1, -0.05) is 60.7 Å². The Kier molecular flexibility index (Phi) is 5.23. The summed E-state index contributed by atoms with van der Waals surface area (Å²) in [4.78, 5) is 13.4. The molecule has 126 valence electrons. The van der Waals surface area contributed by atoms with Crippen molar-refractivity contribution in [1.82, 2.24) is 4.90 Å². The summed E-state index contributed by atoms with van der Waals surface area (Å²) in [6, 6.07) is 19.2. The Bertz CT molecular complexity index is 663.